The molecular formula is C25H24N4O2S. The molecule has 2 amide bonds. The van der Waals surface area contributed by atoms with Crippen molar-refractivity contribution in [2.45, 2.75) is 24.8 Å². The van der Waals surface area contributed by atoms with E-state index in [1.807, 2.05) is 62.4 Å². The van der Waals surface area contributed by atoms with E-state index in [1.165, 1.54) is 0 Å². The molecule has 7 heteroatoms. The molecule has 0 fully saturated rings. The molecule has 0 aliphatic carbocycles. The topological polar surface area (TPSA) is 86.9 Å². The Morgan fingerprint density at radius 3 is 2.22 bits per heavy atom. The van der Waals surface area contributed by atoms with Gasteiger partial charge in [0.15, 0.2) is 5.16 Å². The van der Waals surface area contributed by atoms with E-state index in [0.717, 1.165) is 27.5 Å². The summed E-state index contributed by atoms with van der Waals surface area (Å²) < 4.78 is 0. The van der Waals surface area contributed by atoms with Gasteiger partial charge in [0.1, 0.15) is 0 Å². The van der Waals surface area contributed by atoms with Crippen molar-refractivity contribution < 1.29 is 9.59 Å². The van der Waals surface area contributed by atoms with Crippen LogP contribution in [0.15, 0.2) is 78.0 Å². The number of hydrogen-bond acceptors (Lipinski definition) is 4. The predicted molar refractivity (Wildman–Crippen MR) is 130 cm³/mol. The first-order valence-electron chi connectivity index (χ1n) is 10.4. The molecule has 0 aliphatic rings. The third kappa shape index (κ3) is 5.36. The van der Waals surface area contributed by atoms with Gasteiger partial charge in [0.05, 0.1) is 11.0 Å². The van der Waals surface area contributed by atoms with Gasteiger partial charge in [0, 0.05) is 28.6 Å². The van der Waals surface area contributed by atoms with Crippen LogP contribution in [-0.2, 0) is 10.5 Å². The highest BCUT2D eigenvalue weighted by Crippen LogP contribution is 2.23. The van der Waals surface area contributed by atoms with Crippen LogP contribution in [0.25, 0.3) is 11.0 Å². The molecule has 4 aromatic rings. The molecule has 0 atom stereocenters. The van der Waals surface area contributed by atoms with Crippen LogP contribution >= 0.6 is 11.8 Å². The lowest BCUT2D eigenvalue weighted by molar-refractivity contribution is -0.118. The summed E-state index contributed by atoms with van der Waals surface area (Å²) in [6, 6.07) is 22.6. The zero-order valence-corrected chi connectivity index (χ0v) is 18.7. The number of aromatic nitrogens is 2. The summed E-state index contributed by atoms with van der Waals surface area (Å²) >= 11 is 1.63. The Labute approximate surface area is 190 Å². The fourth-order valence-corrected chi connectivity index (χ4v) is 3.87. The molecule has 0 unspecified atom stereocenters. The Morgan fingerprint density at radius 1 is 0.906 bits per heavy atom. The van der Waals surface area contributed by atoms with Gasteiger partial charge in [-0.05, 0) is 54.1 Å². The van der Waals surface area contributed by atoms with Gasteiger partial charge in [0.2, 0.25) is 5.91 Å². The second kappa shape index (κ2) is 9.70. The first-order chi connectivity index (χ1) is 15.5. The second-order valence-electron chi connectivity index (χ2n) is 7.72. The van der Waals surface area contributed by atoms with Gasteiger partial charge in [-0.1, -0.05) is 49.9 Å². The van der Waals surface area contributed by atoms with Gasteiger partial charge < -0.3 is 15.6 Å². The van der Waals surface area contributed by atoms with Crippen molar-refractivity contribution in [3.8, 4) is 0 Å². The van der Waals surface area contributed by atoms with Gasteiger partial charge in [-0.15, -0.1) is 0 Å². The number of thioether (sulfide) groups is 1. The lowest BCUT2D eigenvalue weighted by atomic mass is 10.1. The van der Waals surface area contributed by atoms with Crippen molar-refractivity contribution in [2.75, 3.05) is 10.6 Å². The number of H-pyrrole nitrogens is 1. The number of aromatic amines is 1. The van der Waals surface area contributed by atoms with Crippen LogP contribution in [0.3, 0.4) is 0 Å². The molecule has 0 bridgehead atoms. The summed E-state index contributed by atoms with van der Waals surface area (Å²) in [4.78, 5) is 32.2. The zero-order chi connectivity index (χ0) is 22.5. The van der Waals surface area contributed by atoms with Crippen molar-refractivity contribution in [3.63, 3.8) is 0 Å². The van der Waals surface area contributed by atoms with Crippen molar-refractivity contribution in [3.05, 3.63) is 83.9 Å². The number of amides is 2. The maximum Gasteiger partial charge on any atom is 0.255 e. The second-order valence-corrected chi connectivity index (χ2v) is 8.68. The predicted octanol–water partition coefficient (Wildman–Crippen LogP) is 5.70. The molecule has 0 aliphatic heterocycles. The van der Waals surface area contributed by atoms with Crippen LogP contribution in [0.1, 0.15) is 29.8 Å². The molecule has 0 radical (unpaired) electrons. The van der Waals surface area contributed by atoms with Gasteiger partial charge >= 0.3 is 0 Å². The number of nitrogens with one attached hydrogen (secondary N) is 3. The molecule has 1 aromatic heterocycles. The molecule has 32 heavy (non-hydrogen) atoms. The van der Waals surface area contributed by atoms with Gasteiger partial charge in [0.25, 0.3) is 5.91 Å². The quantitative estimate of drug-likeness (QED) is 0.319. The van der Waals surface area contributed by atoms with Crippen LogP contribution < -0.4 is 10.6 Å². The number of fused-ring (bicyclic) bond motifs is 1. The van der Waals surface area contributed by atoms with Crippen LogP contribution in [-0.4, -0.2) is 21.8 Å². The van der Waals surface area contributed by atoms with E-state index < -0.39 is 0 Å². The molecule has 4 rings (SSSR count). The Balaban J connectivity index is 1.32. The van der Waals surface area contributed by atoms with E-state index >= 15 is 0 Å². The van der Waals surface area contributed by atoms with E-state index in [4.69, 9.17) is 0 Å². The number of nitrogens with zero attached hydrogens (tertiary/aromatic N) is 1. The normalized spacial score (nSPS) is 11.0. The molecular weight excluding hydrogens is 420 g/mol. The van der Waals surface area contributed by atoms with E-state index in [9.17, 15) is 9.59 Å². The summed E-state index contributed by atoms with van der Waals surface area (Å²) in [5, 5.41) is 6.59. The van der Waals surface area contributed by atoms with E-state index in [0.29, 0.717) is 16.9 Å². The van der Waals surface area contributed by atoms with Crippen LogP contribution in [0, 0.1) is 5.92 Å². The number of benzene rings is 3. The highest BCUT2D eigenvalue weighted by molar-refractivity contribution is 7.98. The summed E-state index contributed by atoms with van der Waals surface area (Å²) in [6.07, 6.45) is 0. The van der Waals surface area contributed by atoms with Crippen LogP contribution in [0.2, 0.25) is 0 Å². The molecule has 6 nitrogen and oxygen atoms in total. The highest BCUT2D eigenvalue weighted by atomic mass is 32.2. The Kier molecular flexibility index (Phi) is 6.56. The van der Waals surface area contributed by atoms with E-state index in [-0.39, 0.29) is 17.7 Å². The molecule has 3 N–H and O–H groups in total. The van der Waals surface area contributed by atoms with Crippen molar-refractivity contribution in [1.29, 1.82) is 0 Å². The minimum Gasteiger partial charge on any atom is -0.333 e. The van der Waals surface area contributed by atoms with Gasteiger partial charge in [-0.2, -0.15) is 0 Å². The lowest BCUT2D eigenvalue weighted by Crippen LogP contribution is -2.17. The van der Waals surface area contributed by atoms with Gasteiger partial charge in [-0.25, -0.2) is 4.98 Å². The fourth-order valence-electron chi connectivity index (χ4n) is 3.03. The average Bonchev–Trinajstić information content (AvgIpc) is 3.22. The average molecular weight is 445 g/mol. The third-order valence-corrected chi connectivity index (χ3v) is 5.84. The standard InChI is InChI=1S/C25H24N4O2S/c1-16(2)23(30)26-19-11-13-20(14-12-19)27-24(31)18-9-7-17(8-10-18)15-32-25-28-21-5-3-4-6-22(21)29-25/h3-14,16H,15H2,1-2H3,(H,26,30)(H,27,31)(H,28,29). The number of carbonyl (C=O) groups is 2. The summed E-state index contributed by atoms with van der Waals surface area (Å²) in [5.41, 5.74) is 5.04. The minimum atomic E-state index is -0.180. The zero-order valence-electron chi connectivity index (χ0n) is 17.9. The lowest BCUT2D eigenvalue weighted by Gasteiger charge is -2.09. The Morgan fingerprint density at radius 2 is 1.56 bits per heavy atom. The third-order valence-electron chi connectivity index (χ3n) is 4.89. The first-order valence-corrected chi connectivity index (χ1v) is 11.4. The molecule has 162 valence electrons. The molecule has 1 heterocycles. The summed E-state index contributed by atoms with van der Waals surface area (Å²) in [6.45, 7) is 3.68. The maximum absolute atomic E-state index is 12.6. The summed E-state index contributed by atoms with van der Waals surface area (Å²) in [5.74, 6) is 0.445. The van der Waals surface area contributed by atoms with E-state index in [1.54, 1.807) is 36.0 Å². The number of anilines is 2. The smallest absolute Gasteiger partial charge is 0.255 e. The maximum atomic E-state index is 12.6. The monoisotopic (exact) mass is 444 g/mol. The Bertz CT molecular complexity index is 1200. The number of hydrogen-bond donors (Lipinski definition) is 3. The molecule has 0 saturated heterocycles. The van der Waals surface area contributed by atoms with Crippen molar-refractivity contribution in [1.82, 2.24) is 9.97 Å². The van der Waals surface area contributed by atoms with Crippen LogP contribution in [0.5, 0.6) is 0 Å². The van der Waals surface area contributed by atoms with E-state index in [2.05, 4.69) is 20.6 Å². The molecule has 0 spiro atoms. The highest BCUT2D eigenvalue weighted by Gasteiger charge is 2.09. The van der Waals surface area contributed by atoms with Crippen molar-refractivity contribution >= 4 is 46.0 Å². The largest absolute Gasteiger partial charge is 0.333 e. The van der Waals surface area contributed by atoms with Gasteiger partial charge in [-0.3, -0.25) is 9.59 Å². The van der Waals surface area contributed by atoms with Crippen molar-refractivity contribution in [2.24, 2.45) is 5.92 Å². The SMILES string of the molecule is CC(C)C(=O)Nc1ccc(NC(=O)c2ccc(CSc3nc4ccccc4[nH]3)cc2)cc1. The number of rotatable bonds is 7. The van der Waals surface area contributed by atoms with Crippen LogP contribution in [0.4, 0.5) is 11.4 Å². The molecule has 3 aromatic carbocycles. The number of imidazole rings is 1. The minimum absolute atomic E-state index is 0.0413. The fraction of sp³-hybridized carbons (Fsp3) is 0.160. The molecule has 0 saturated carbocycles. The first kappa shape index (κ1) is 21.6. The summed E-state index contributed by atoms with van der Waals surface area (Å²) in [7, 11) is 0. The Hall–Kier alpha value is -3.58. The number of para-hydroxylation sites is 2. The number of carbonyl (C=O) groups excluding carboxylic acids is 2.